The average Bonchev–Trinajstić information content (AvgIpc) is 3.20. The highest BCUT2D eigenvalue weighted by Gasteiger charge is 2.20. The predicted molar refractivity (Wildman–Crippen MR) is 117 cm³/mol. The number of pyridine rings is 1. The van der Waals surface area contributed by atoms with Crippen LogP contribution in [0.15, 0.2) is 36.5 Å². The Morgan fingerprint density at radius 2 is 1.59 bits per heavy atom. The van der Waals surface area contributed by atoms with E-state index >= 15 is 0 Å². The van der Waals surface area contributed by atoms with Gasteiger partial charge in [0.15, 0.2) is 0 Å². The summed E-state index contributed by atoms with van der Waals surface area (Å²) in [4.78, 5) is 29.7. The van der Waals surface area contributed by atoms with E-state index in [1.165, 1.54) is 6.20 Å². The number of carbonyl (C=O) groups excluding carboxylic acids is 2. The zero-order valence-electron chi connectivity index (χ0n) is 17.8. The Balaban J connectivity index is 1.82. The normalized spacial score (nSPS) is 14.4. The van der Waals surface area contributed by atoms with Gasteiger partial charge in [-0.05, 0) is 47.9 Å². The summed E-state index contributed by atoms with van der Waals surface area (Å²) in [7, 11) is 0. The Bertz CT molecular complexity index is 857. The molecular weight excluding hydrogens is 362 g/mol. The molecule has 0 radical (unpaired) electrons. The molecule has 5 heteroatoms. The Morgan fingerprint density at radius 3 is 2.17 bits per heavy atom. The lowest BCUT2D eigenvalue weighted by atomic mass is 9.92. The maximum absolute atomic E-state index is 13.0. The van der Waals surface area contributed by atoms with Crippen LogP contribution < -0.4 is 10.6 Å². The topological polar surface area (TPSA) is 71.1 Å². The third-order valence-electron chi connectivity index (χ3n) is 5.56. The second-order valence-corrected chi connectivity index (χ2v) is 8.46. The highest BCUT2D eigenvalue weighted by Crippen LogP contribution is 2.32. The van der Waals surface area contributed by atoms with Crippen molar-refractivity contribution in [3.8, 4) is 0 Å². The van der Waals surface area contributed by atoms with Gasteiger partial charge in [0.2, 0.25) is 0 Å². The molecule has 0 saturated heterocycles. The molecule has 0 spiro atoms. The highest BCUT2D eigenvalue weighted by atomic mass is 16.2. The standard InChI is InChI=1S/C24H31N3O2/c1-15(2)19-10-7-11-20(16(3)4)22(19)27-23(28)17-12-13-25-21(14-17)24(29)26-18-8-5-6-9-18/h7,10-16,18H,5-6,8-9H2,1-4H3,(H,26,29)(H,27,28). The van der Waals surface area contributed by atoms with E-state index in [1.807, 2.05) is 6.07 Å². The molecule has 1 aromatic heterocycles. The molecule has 0 aliphatic heterocycles. The summed E-state index contributed by atoms with van der Waals surface area (Å²) in [6.45, 7) is 8.47. The number of amides is 2. The smallest absolute Gasteiger partial charge is 0.270 e. The van der Waals surface area contributed by atoms with E-state index in [4.69, 9.17) is 0 Å². The Morgan fingerprint density at radius 1 is 0.966 bits per heavy atom. The van der Waals surface area contributed by atoms with Crippen LogP contribution >= 0.6 is 0 Å². The van der Waals surface area contributed by atoms with Gasteiger partial charge in [0.05, 0.1) is 0 Å². The number of hydrogen-bond donors (Lipinski definition) is 2. The van der Waals surface area contributed by atoms with E-state index in [0.29, 0.717) is 5.56 Å². The van der Waals surface area contributed by atoms with Crippen LogP contribution in [0, 0.1) is 0 Å². The van der Waals surface area contributed by atoms with Gasteiger partial charge in [-0.25, -0.2) is 0 Å². The molecule has 1 fully saturated rings. The highest BCUT2D eigenvalue weighted by molar-refractivity contribution is 6.06. The second kappa shape index (κ2) is 9.21. The summed E-state index contributed by atoms with van der Waals surface area (Å²) in [6.07, 6.45) is 5.84. The van der Waals surface area contributed by atoms with Crippen LogP contribution in [0.3, 0.4) is 0 Å². The minimum Gasteiger partial charge on any atom is -0.348 e. The third-order valence-corrected chi connectivity index (χ3v) is 5.56. The van der Waals surface area contributed by atoms with Crippen LogP contribution in [0.2, 0.25) is 0 Å². The molecule has 0 atom stereocenters. The number of nitrogens with one attached hydrogen (secondary N) is 2. The Hall–Kier alpha value is -2.69. The molecule has 29 heavy (non-hydrogen) atoms. The molecule has 0 bridgehead atoms. The van der Waals surface area contributed by atoms with Crippen molar-refractivity contribution >= 4 is 17.5 Å². The number of aromatic nitrogens is 1. The molecule has 1 aliphatic rings. The first-order valence-corrected chi connectivity index (χ1v) is 10.6. The molecule has 2 N–H and O–H groups in total. The lowest BCUT2D eigenvalue weighted by Gasteiger charge is -2.20. The van der Waals surface area contributed by atoms with Gasteiger partial charge in [0.25, 0.3) is 11.8 Å². The summed E-state index contributed by atoms with van der Waals surface area (Å²) >= 11 is 0. The molecule has 1 heterocycles. The minimum atomic E-state index is -0.225. The summed E-state index contributed by atoms with van der Waals surface area (Å²) in [5.74, 6) is 0.137. The number of anilines is 1. The van der Waals surface area contributed by atoms with E-state index in [2.05, 4.69) is 55.4 Å². The van der Waals surface area contributed by atoms with Crippen LogP contribution in [0.5, 0.6) is 0 Å². The van der Waals surface area contributed by atoms with E-state index in [-0.39, 0.29) is 35.4 Å². The summed E-state index contributed by atoms with van der Waals surface area (Å²) < 4.78 is 0. The predicted octanol–water partition coefficient (Wildman–Crippen LogP) is 5.25. The van der Waals surface area contributed by atoms with Crippen LogP contribution in [0.25, 0.3) is 0 Å². The van der Waals surface area contributed by atoms with Crippen LogP contribution in [-0.4, -0.2) is 22.8 Å². The first-order valence-electron chi connectivity index (χ1n) is 10.6. The number of hydrogen-bond acceptors (Lipinski definition) is 3. The van der Waals surface area contributed by atoms with Crippen molar-refractivity contribution in [3.63, 3.8) is 0 Å². The summed E-state index contributed by atoms with van der Waals surface area (Å²) in [5, 5.41) is 6.12. The van der Waals surface area contributed by atoms with E-state index < -0.39 is 0 Å². The molecular formula is C24H31N3O2. The number of nitrogens with zero attached hydrogens (tertiary/aromatic N) is 1. The molecule has 2 aromatic rings. The molecule has 154 valence electrons. The second-order valence-electron chi connectivity index (χ2n) is 8.46. The van der Waals surface area contributed by atoms with Gasteiger partial charge in [-0.2, -0.15) is 0 Å². The van der Waals surface area contributed by atoms with Gasteiger partial charge < -0.3 is 10.6 Å². The third kappa shape index (κ3) is 5.03. The van der Waals surface area contributed by atoms with Crippen molar-refractivity contribution in [2.45, 2.75) is 71.3 Å². The van der Waals surface area contributed by atoms with Crippen LogP contribution in [0.4, 0.5) is 5.69 Å². The van der Waals surface area contributed by atoms with Gasteiger partial charge >= 0.3 is 0 Å². The van der Waals surface area contributed by atoms with E-state index in [1.54, 1.807) is 12.1 Å². The fraction of sp³-hybridized carbons (Fsp3) is 0.458. The van der Waals surface area contributed by atoms with Gasteiger partial charge in [0, 0.05) is 23.5 Å². The Labute approximate surface area is 173 Å². The van der Waals surface area contributed by atoms with Gasteiger partial charge in [-0.15, -0.1) is 0 Å². The van der Waals surface area contributed by atoms with Gasteiger partial charge in [0.1, 0.15) is 5.69 Å². The molecule has 2 amide bonds. The Kier molecular flexibility index (Phi) is 6.68. The monoisotopic (exact) mass is 393 g/mol. The van der Waals surface area contributed by atoms with Crippen molar-refractivity contribution in [3.05, 3.63) is 58.9 Å². The molecule has 0 unspecified atom stereocenters. The first kappa shape index (κ1) is 21.0. The molecule has 1 saturated carbocycles. The maximum atomic E-state index is 13.0. The van der Waals surface area contributed by atoms with Crippen molar-refractivity contribution in [2.24, 2.45) is 0 Å². The van der Waals surface area contributed by atoms with Crippen LogP contribution in [0.1, 0.15) is 97.2 Å². The summed E-state index contributed by atoms with van der Waals surface area (Å²) in [6, 6.07) is 9.59. The lowest BCUT2D eigenvalue weighted by Crippen LogP contribution is -2.33. The van der Waals surface area contributed by atoms with Gasteiger partial charge in [-0.3, -0.25) is 14.6 Å². The van der Waals surface area contributed by atoms with Crippen molar-refractivity contribution in [2.75, 3.05) is 5.32 Å². The molecule has 1 aromatic carbocycles. The number of benzene rings is 1. The first-order chi connectivity index (χ1) is 13.9. The van der Waals surface area contributed by atoms with E-state index in [9.17, 15) is 9.59 Å². The SMILES string of the molecule is CC(C)c1cccc(C(C)C)c1NC(=O)c1ccnc(C(=O)NC2CCCC2)c1. The number of carbonyl (C=O) groups is 2. The van der Waals surface area contributed by atoms with E-state index in [0.717, 1.165) is 42.5 Å². The fourth-order valence-corrected chi connectivity index (χ4v) is 3.91. The average molecular weight is 394 g/mol. The van der Waals surface area contributed by atoms with Gasteiger partial charge in [-0.1, -0.05) is 58.7 Å². The molecule has 5 nitrogen and oxygen atoms in total. The zero-order chi connectivity index (χ0) is 21.0. The molecule has 1 aliphatic carbocycles. The molecule has 3 rings (SSSR count). The largest absolute Gasteiger partial charge is 0.348 e. The maximum Gasteiger partial charge on any atom is 0.270 e. The van der Waals surface area contributed by atoms with Crippen molar-refractivity contribution < 1.29 is 9.59 Å². The zero-order valence-corrected chi connectivity index (χ0v) is 17.8. The number of para-hydroxylation sites is 1. The minimum absolute atomic E-state index is 0.211. The van der Waals surface area contributed by atoms with Crippen molar-refractivity contribution in [1.82, 2.24) is 10.3 Å². The van der Waals surface area contributed by atoms with Crippen molar-refractivity contribution in [1.29, 1.82) is 0 Å². The number of rotatable bonds is 6. The lowest BCUT2D eigenvalue weighted by molar-refractivity contribution is 0.0933. The summed E-state index contributed by atoms with van der Waals surface area (Å²) in [5.41, 5.74) is 3.81. The van der Waals surface area contributed by atoms with Crippen LogP contribution in [-0.2, 0) is 0 Å². The fourth-order valence-electron chi connectivity index (χ4n) is 3.91. The quantitative estimate of drug-likeness (QED) is 0.704.